The molecule has 1 heterocycles. The average molecular weight is 169 g/mol. The summed E-state index contributed by atoms with van der Waals surface area (Å²) in [6.07, 6.45) is 2.16. The fourth-order valence-corrected chi connectivity index (χ4v) is 1.75. The number of hydrogen-bond acceptors (Lipinski definition) is 2. The lowest BCUT2D eigenvalue weighted by molar-refractivity contribution is 0.397. The zero-order chi connectivity index (χ0) is 9.14. The van der Waals surface area contributed by atoms with Crippen molar-refractivity contribution in [1.82, 2.24) is 5.32 Å². The van der Waals surface area contributed by atoms with Crippen LogP contribution in [0.3, 0.4) is 0 Å². The van der Waals surface area contributed by atoms with Crippen molar-refractivity contribution >= 4 is 5.84 Å². The lowest BCUT2D eigenvalue weighted by atomic mass is 9.91. The Kier molecular flexibility index (Phi) is 3.09. The van der Waals surface area contributed by atoms with Gasteiger partial charge in [-0.05, 0) is 25.3 Å². The van der Waals surface area contributed by atoms with Crippen LogP contribution in [0.25, 0.3) is 0 Å². The Morgan fingerprint density at radius 3 is 2.58 bits per heavy atom. The molecule has 3 heteroatoms. The predicted octanol–water partition coefficient (Wildman–Crippen LogP) is 0.947. The van der Waals surface area contributed by atoms with Gasteiger partial charge in [0, 0.05) is 12.0 Å². The minimum atomic E-state index is 0.396. The van der Waals surface area contributed by atoms with Gasteiger partial charge >= 0.3 is 0 Å². The van der Waals surface area contributed by atoms with Crippen LogP contribution >= 0.6 is 0 Å². The van der Waals surface area contributed by atoms with Gasteiger partial charge in [-0.25, -0.2) is 0 Å². The molecule has 0 radical (unpaired) electrons. The van der Waals surface area contributed by atoms with E-state index >= 15 is 0 Å². The highest BCUT2D eigenvalue weighted by Gasteiger charge is 2.32. The van der Waals surface area contributed by atoms with Crippen LogP contribution < -0.4 is 11.1 Å². The summed E-state index contributed by atoms with van der Waals surface area (Å²) < 4.78 is 0. The second kappa shape index (κ2) is 3.90. The van der Waals surface area contributed by atoms with E-state index in [4.69, 9.17) is 11.1 Å². The van der Waals surface area contributed by atoms with Gasteiger partial charge in [-0.3, -0.25) is 5.41 Å². The van der Waals surface area contributed by atoms with Crippen molar-refractivity contribution in [2.24, 2.45) is 17.6 Å². The fraction of sp³-hybridized carbons (Fsp3) is 0.889. The third kappa shape index (κ3) is 1.78. The molecule has 0 spiro atoms. The Bertz CT molecular complexity index is 167. The van der Waals surface area contributed by atoms with E-state index in [2.05, 4.69) is 19.2 Å². The van der Waals surface area contributed by atoms with E-state index in [1.54, 1.807) is 0 Å². The highest BCUT2D eigenvalue weighted by Crippen LogP contribution is 2.25. The molecule has 0 saturated carbocycles. The van der Waals surface area contributed by atoms with Gasteiger partial charge in [0.15, 0.2) is 0 Å². The molecule has 1 fully saturated rings. The first kappa shape index (κ1) is 9.52. The lowest BCUT2D eigenvalue weighted by Crippen LogP contribution is -2.28. The molecule has 1 rings (SSSR count). The van der Waals surface area contributed by atoms with E-state index < -0.39 is 0 Å². The Morgan fingerprint density at radius 2 is 2.17 bits per heavy atom. The van der Waals surface area contributed by atoms with Crippen molar-refractivity contribution in [3.8, 4) is 0 Å². The van der Waals surface area contributed by atoms with Crippen LogP contribution in [0, 0.1) is 17.2 Å². The molecule has 0 aliphatic carbocycles. The highest BCUT2D eigenvalue weighted by atomic mass is 15.0. The standard InChI is InChI=1S/C9H19N3/c1-6-7(2)9(11)12-8(6)4-3-5-10/h6-8H,3-5,10H2,1-2H3,(H2,11,12). The Hall–Kier alpha value is -0.570. The van der Waals surface area contributed by atoms with Gasteiger partial charge in [0.05, 0.1) is 5.84 Å². The van der Waals surface area contributed by atoms with Crippen LogP contribution in [0.5, 0.6) is 0 Å². The van der Waals surface area contributed by atoms with Crippen molar-refractivity contribution in [1.29, 1.82) is 5.41 Å². The predicted molar refractivity (Wildman–Crippen MR) is 51.3 cm³/mol. The Balaban J connectivity index is 2.41. The third-order valence-corrected chi connectivity index (χ3v) is 2.94. The van der Waals surface area contributed by atoms with Gasteiger partial charge < -0.3 is 11.1 Å². The molecule has 70 valence electrons. The summed E-state index contributed by atoms with van der Waals surface area (Å²) >= 11 is 0. The van der Waals surface area contributed by atoms with Crippen molar-refractivity contribution in [2.75, 3.05) is 6.54 Å². The van der Waals surface area contributed by atoms with Crippen LogP contribution in [-0.2, 0) is 0 Å². The summed E-state index contributed by atoms with van der Waals surface area (Å²) in [5.74, 6) is 1.68. The minimum absolute atomic E-state index is 0.396. The van der Waals surface area contributed by atoms with Crippen LogP contribution in [0.1, 0.15) is 26.7 Å². The topological polar surface area (TPSA) is 61.9 Å². The Morgan fingerprint density at radius 1 is 1.50 bits per heavy atom. The summed E-state index contributed by atoms with van der Waals surface area (Å²) in [7, 11) is 0. The van der Waals surface area contributed by atoms with Crippen LogP contribution in [0.4, 0.5) is 0 Å². The molecule has 0 aromatic carbocycles. The Labute approximate surface area is 74.2 Å². The van der Waals surface area contributed by atoms with Gasteiger partial charge in [-0.1, -0.05) is 13.8 Å². The first-order chi connectivity index (χ1) is 5.66. The summed E-state index contributed by atoms with van der Waals surface area (Å²) in [4.78, 5) is 0. The van der Waals surface area contributed by atoms with E-state index in [0.29, 0.717) is 23.7 Å². The summed E-state index contributed by atoms with van der Waals surface area (Å²) in [6, 6.07) is 0.482. The number of nitrogens with two attached hydrogens (primary N) is 1. The maximum atomic E-state index is 7.61. The summed E-state index contributed by atoms with van der Waals surface area (Å²) in [5.41, 5.74) is 5.44. The molecule has 1 aliphatic heterocycles. The van der Waals surface area contributed by atoms with Gasteiger partial charge in [-0.15, -0.1) is 0 Å². The van der Waals surface area contributed by atoms with Crippen LogP contribution in [0.15, 0.2) is 0 Å². The normalized spacial score (nSPS) is 35.2. The average Bonchev–Trinajstić information content (AvgIpc) is 2.30. The first-order valence-corrected chi connectivity index (χ1v) is 4.72. The first-order valence-electron chi connectivity index (χ1n) is 4.72. The van der Waals surface area contributed by atoms with Crippen LogP contribution in [-0.4, -0.2) is 18.4 Å². The van der Waals surface area contributed by atoms with Crippen molar-refractivity contribution < 1.29 is 0 Å². The fourth-order valence-electron chi connectivity index (χ4n) is 1.75. The van der Waals surface area contributed by atoms with Crippen molar-refractivity contribution in [3.05, 3.63) is 0 Å². The highest BCUT2D eigenvalue weighted by molar-refractivity contribution is 5.84. The van der Waals surface area contributed by atoms with Crippen molar-refractivity contribution in [3.63, 3.8) is 0 Å². The zero-order valence-corrected chi connectivity index (χ0v) is 7.93. The molecule has 0 bridgehead atoms. The second-order valence-corrected chi connectivity index (χ2v) is 3.74. The molecule has 0 amide bonds. The number of hydrogen-bond donors (Lipinski definition) is 3. The van der Waals surface area contributed by atoms with Crippen LogP contribution in [0.2, 0.25) is 0 Å². The molecule has 0 aromatic heterocycles. The van der Waals surface area contributed by atoms with Gasteiger partial charge in [0.25, 0.3) is 0 Å². The molecule has 1 aliphatic rings. The molecular formula is C9H19N3. The molecule has 0 aromatic rings. The number of amidine groups is 1. The molecule has 3 nitrogen and oxygen atoms in total. The molecule has 3 atom stereocenters. The lowest BCUT2D eigenvalue weighted by Gasteiger charge is -2.15. The summed E-state index contributed by atoms with van der Waals surface area (Å²) in [5, 5.41) is 10.8. The van der Waals surface area contributed by atoms with Gasteiger partial charge in [0.1, 0.15) is 0 Å². The molecule has 3 unspecified atom stereocenters. The molecular weight excluding hydrogens is 150 g/mol. The molecule has 4 N–H and O–H groups in total. The summed E-state index contributed by atoms with van der Waals surface area (Å²) in [6.45, 7) is 5.08. The molecule has 12 heavy (non-hydrogen) atoms. The maximum Gasteiger partial charge on any atom is 0.0966 e. The smallest absolute Gasteiger partial charge is 0.0966 e. The van der Waals surface area contributed by atoms with E-state index in [0.717, 1.165) is 19.4 Å². The number of rotatable bonds is 3. The maximum absolute atomic E-state index is 7.61. The van der Waals surface area contributed by atoms with E-state index in [1.165, 1.54) is 0 Å². The van der Waals surface area contributed by atoms with E-state index in [1.807, 2.05) is 0 Å². The van der Waals surface area contributed by atoms with E-state index in [-0.39, 0.29) is 0 Å². The van der Waals surface area contributed by atoms with Crippen molar-refractivity contribution in [2.45, 2.75) is 32.7 Å². The SMILES string of the molecule is CC1C(=N)NC(CCCN)C1C. The minimum Gasteiger partial charge on any atom is -0.371 e. The molecule has 1 saturated heterocycles. The monoisotopic (exact) mass is 169 g/mol. The quantitative estimate of drug-likeness (QED) is 0.589. The van der Waals surface area contributed by atoms with Gasteiger partial charge in [0.2, 0.25) is 0 Å². The largest absolute Gasteiger partial charge is 0.371 e. The van der Waals surface area contributed by atoms with E-state index in [9.17, 15) is 0 Å². The third-order valence-electron chi connectivity index (χ3n) is 2.94. The van der Waals surface area contributed by atoms with Gasteiger partial charge in [-0.2, -0.15) is 0 Å². The second-order valence-electron chi connectivity index (χ2n) is 3.74. The zero-order valence-electron chi connectivity index (χ0n) is 7.93. The number of nitrogens with one attached hydrogen (secondary N) is 2.